The number of fused-ring (bicyclic) bond motifs is 1. The SMILES string of the molecule is C#C[C@@]1(O)[C@@H](COC(Cc2ccccc2)(C(=O)O)C(=O)O)O[C@@H](n2cnc3c(N4CC[C@H](CO)C4)nc(Cl)nc32)[C@@H]1O. The number of aliphatic hydroxyl groups excluding tert-OH is 2. The predicted octanol–water partition coefficient (Wildman–Crippen LogP) is 0.0882. The Kier molecular flexibility index (Phi) is 8.08. The topological polar surface area (TPSA) is 201 Å². The quantitative estimate of drug-likeness (QED) is 0.119. The zero-order chi connectivity index (χ0) is 30.2. The Morgan fingerprint density at radius 3 is 2.57 bits per heavy atom. The van der Waals surface area contributed by atoms with E-state index in [9.17, 15) is 35.1 Å². The van der Waals surface area contributed by atoms with Crippen LogP contribution in [-0.4, -0.2) is 107 Å². The molecule has 3 aromatic rings. The Bertz CT molecular complexity index is 1520. The first kappa shape index (κ1) is 29.6. The fourth-order valence-electron chi connectivity index (χ4n) is 5.29. The maximum atomic E-state index is 12.2. The smallest absolute Gasteiger partial charge is 0.348 e. The number of hydrogen-bond donors (Lipinski definition) is 5. The molecular formula is C27H28ClN5O9. The standard InChI is InChI=1S/C27H28ClN5O9/c1-2-26(40)17(13-41-27(23(36)37,24(38)39)10-15-6-4-3-5-7-15)42-22(19(26)35)33-14-29-18-20(30-25(28)31-21(18)33)32-9-8-16(11-32)12-34/h1,3-7,14,16-17,19,22,34-35,40H,8-13H2,(H,36,37)(H,38,39)/t16-,17+,19-,22+,26+/m0/s1. The number of aliphatic carboxylic acids is 2. The van der Waals surface area contributed by atoms with Crippen molar-refractivity contribution in [1.82, 2.24) is 19.5 Å². The molecule has 15 heteroatoms. The number of carboxylic acids is 2. The normalized spacial score (nSPS) is 26.0. The van der Waals surface area contributed by atoms with Crippen molar-refractivity contribution in [2.45, 2.75) is 42.5 Å². The first-order chi connectivity index (χ1) is 20.0. The van der Waals surface area contributed by atoms with E-state index in [1.807, 2.05) is 4.90 Å². The number of halogens is 1. The molecule has 0 unspecified atom stereocenters. The van der Waals surface area contributed by atoms with E-state index >= 15 is 0 Å². The highest BCUT2D eigenvalue weighted by molar-refractivity contribution is 6.28. The van der Waals surface area contributed by atoms with E-state index in [4.69, 9.17) is 27.5 Å². The fraction of sp³-hybridized carbons (Fsp3) is 0.444. The van der Waals surface area contributed by atoms with Crippen LogP contribution in [-0.2, 0) is 25.5 Å². The summed E-state index contributed by atoms with van der Waals surface area (Å²) in [6, 6.07) is 8.02. The second-order valence-corrected chi connectivity index (χ2v) is 10.6. The number of carbonyl (C=O) groups is 2. The van der Waals surface area contributed by atoms with Crippen LogP contribution in [0.25, 0.3) is 11.2 Å². The number of benzene rings is 1. The maximum Gasteiger partial charge on any atom is 0.348 e. The van der Waals surface area contributed by atoms with Crippen LogP contribution in [0.4, 0.5) is 5.82 Å². The van der Waals surface area contributed by atoms with Crippen molar-refractivity contribution >= 4 is 40.5 Å². The number of aromatic nitrogens is 4. The molecule has 0 aliphatic carbocycles. The van der Waals surface area contributed by atoms with E-state index in [2.05, 4.69) is 20.9 Å². The lowest BCUT2D eigenvalue weighted by molar-refractivity contribution is -0.191. The Morgan fingerprint density at radius 1 is 1.24 bits per heavy atom. The van der Waals surface area contributed by atoms with Crippen molar-refractivity contribution < 1.29 is 44.6 Å². The highest BCUT2D eigenvalue weighted by atomic mass is 35.5. The minimum absolute atomic E-state index is 0.0134. The fourth-order valence-corrected chi connectivity index (χ4v) is 5.45. The van der Waals surface area contributed by atoms with E-state index in [-0.39, 0.29) is 23.5 Å². The molecule has 2 fully saturated rings. The number of aliphatic hydroxyl groups is 3. The molecule has 5 rings (SSSR count). The molecule has 0 bridgehead atoms. The number of terminal acetylenes is 1. The third-order valence-corrected chi connectivity index (χ3v) is 7.88. The molecule has 222 valence electrons. The Hall–Kier alpha value is -3.84. The minimum atomic E-state index is -2.75. The van der Waals surface area contributed by atoms with Crippen LogP contribution in [0, 0.1) is 18.3 Å². The van der Waals surface area contributed by atoms with Gasteiger partial charge in [0.15, 0.2) is 28.8 Å². The molecule has 14 nitrogen and oxygen atoms in total. The molecule has 2 aliphatic rings. The zero-order valence-electron chi connectivity index (χ0n) is 22.1. The average Bonchev–Trinajstić information content (AvgIpc) is 3.68. The molecule has 2 aliphatic heterocycles. The molecule has 5 atom stereocenters. The molecule has 2 saturated heterocycles. The van der Waals surface area contributed by atoms with Crippen LogP contribution < -0.4 is 4.90 Å². The second kappa shape index (κ2) is 11.4. The van der Waals surface area contributed by atoms with Crippen molar-refractivity contribution in [1.29, 1.82) is 0 Å². The first-order valence-electron chi connectivity index (χ1n) is 13.0. The van der Waals surface area contributed by atoms with Gasteiger partial charge < -0.3 is 39.9 Å². The number of anilines is 1. The van der Waals surface area contributed by atoms with E-state index in [0.29, 0.717) is 30.0 Å². The van der Waals surface area contributed by atoms with Crippen LogP contribution in [0.2, 0.25) is 5.28 Å². The summed E-state index contributed by atoms with van der Waals surface area (Å²) in [5, 5.41) is 51.6. The third kappa shape index (κ3) is 5.04. The molecule has 42 heavy (non-hydrogen) atoms. The van der Waals surface area contributed by atoms with Crippen LogP contribution in [0.5, 0.6) is 0 Å². The number of ether oxygens (including phenoxy) is 2. The van der Waals surface area contributed by atoms with Crippen molar-refractivity contribution in [2.24, 2.45) is 5.92 Å². The number of carboxylic acid groups (broad SMARTS) is 2. The monoisotopic (exact) mass is 601 g/mol. The maximum absolute atomic E-state index is 12.2. The zero-order valence-corrected chi connectivity index (χ0v) is 22.8. The molecule has 5 N–H and O–H groups in total. The molecule has 1 aromatic carbocycles. The first-order valence-corrected chi connectivity index (χ1v) is 13.4. The van der Waals surface area contributed by atoms with Crippen LogP contribution in [0.3, 0.4) is 0 Å². The molecule has 4 heterocycles. The van der Waals surface area contributed by atoms with Crippen molar-refractivity contribution in [3.8, 4) is 12.3 Å². The van der Waals surface area contributed by atoms with Crippen molar-refractivity contribution in [3.63, 3.8) is 0 Å². The lowest BCUT2D eigenvalue weighted by Gasteiger charge is -2.30. The van der Waals surface area contributed by atoms with E-state index < -0.39 is 54.6 Å². The predicted molar refractivity (Wildman–Crippen MR) is 146 cm³/mol. The number of imidazole rings is 1. The largest absolute Gasteiger partial charge is 0.479 e. The molecule has 0 saturated carbocycles. The van der Waals surface area contributed by atoms with Crippen LogP contribution in [0.1, 0.15) is 18.2 Å². The highest BCUT2D eigenvalue weighted by Gasteiger charge is 2.58. The lowest BCUT2D eigenvalue weighted by Crippen LogP contribution is -2.55. The van der Waals surface area contributed by atoms with Gasteiger partial charge in [-0.25, -0.2) is 14.6 Å². The summed E-state index contributed by atoms with van der Waals surface area (Å²) < 4.78 is 12.7. The van der Waals surface area contributed by atoms with Gasteiger partial charge in [-0.15, -0.1) is 6.42 Å². The van der Waals surface area contributed by atoms with Gasteiger partial charge in [-0.3, -0.25) is 4.57 Å². The van der Waals surface area contributed by atoms with Gasteiger partial charge in [0.1, 0.15) is 12.2 Å². The van der Waals surface area contributed by atoms with Crippen molar-refractivity contribution in [2.75, 3.05) is 31.2 Å². The van der Waals surface area contributed by atoms with Crippen molar-refractivity contribution in [3.05, 3.63) is 47.5 Å². The van der Waals surface area contributed by atoms with Gasteiger partial charge in [0.05, 0.1) is 12.9 Å². The molecule has 0 radical (unpaired) electrons. The van der Waals surface area contributed by atoms with Crippen LogP contribution in [0.15, 0.2) is 36.7 Å². The molecule has 0 amide bonds. The second-order valence-electron chi connectivity index (χ2n) is 10.3. The summed E-state index contributed by atoms with van der Waals surface area (Å²) in [4.78, 5) is 39.3. The summed E-state index contributed by atoms with van der Waals surface area (Å²) in [5.74, 6) is -1.01. The van der Waals surface area contributed by atoms with E-state index in [0.717, 1.165) is 6.42 Å². The van der Waals surface area contributed by atoms with Gasteiger partial charge in [0, 0.05) is 32.0 Å². The molecule has 0 spiro atoms. The van der Waals surface area contributed by atoms with E-state index in [1.165, 1.54) is 10.9 Å². The van der Waals surface area contributed by atoms with Gasteiger partial charge in [-0.05, 0) is 23.6 Å². The number of rotatable bonds is 10. The minimum Gasteiger partial charge on any atom is -0.479 e. The lowest BCUT2D eigenvalue weighted by atomic mass is 9.92. The Morgan fingerprint density at radius 2 is 1.95 bits per heavy atom. The highest BCUT2D eigenvalue weighted by Crippen LogP contribution is 2.40. The van der Waals surface area contributed by atoms with Gasteiger partial charge in [0.2, 0.25) is 5.28 Å². The van der Waals surface area contributed by atoms with Gasteiger partial charge in [-0.2, -0.15) is 9.97 Å². The molecular weight excluding hydrogens is 574 g/mol. The molecule has 2 aromatic heterocycles. The third-order valence-electron chi connectivity index (χ3n) is 7.71. The summed E-state index contributed by atoms with van der Waals surface area (Å²) >= 11 is 6.23. The summed E-state index contributed by atoms with van der Waals surface area (Å²) in [6.45, 7) is 0.322. The summed E-state index contributed by atoms with van der Waals surface area (Å²) in [6.07, 6.45) is 2.33. The summed E-state index contributed by atoms with van der Waals surface area (Å²) in [7, 11) is 0. The number of nitrogens with zero attached hydrogens (tertiary/aromatic N) is 5. The Balaban J connectivity index is 1.45. The number of hydrogen-bond acceptors (Lipinski definition) is 11. The van der Waals surface area contributed by atoms with Gasteiger partial charge >= 0.3 is 11.9 Å². The Labute approximate surface area is 244 Å². The van der Waals surface area contributed by atoms with Crippen LogP contribution >= 0.6 is 11.6 Å². The summed E-state index contributed by atoms with van der Waals surface area (Å²) in [5.41, 5.74) is -4.32. The van der Waals surface area contributed by atoms with Gasteiger partial charge in [0.25, 0.3) is 5.60 Å². The van der Waals surface area contributed by atoms with E-state index in [1.54, 1.807) is 30.3 Å². The van der Waals surface area contributed by atoms with Gasteiger partial charge in [-0.1, -0.05) is 36.3 Å². The average molecular weight is 602 g/mol.